The summed E-state index contributed by atoms with van der Waals surface area (Å²) in [5.74, 6) is 0.303. The van der Waals surface area contributed by atoms with Crippen LogP contribution in [0.4, 0.5) is 0 Å². The molecule has 1 aliphatic heterocycles. The van der Waals surface area contributed by atoms with Gasteiger partial charge < -0.3 is 25.8 Å². The van der Waals surface area contributed by atoms with E-state index < -0.39 is 6.10 Å². The monoisotopic (exact) mass is 371 g/mol. The lowest BCUT2D eigenvalue weighted by molar-refractivity contribution is -0.132. The van der Waals surface area contributed by atoms with Crippen molar-refractivity contribution in [3.8, 4) is 5.75 Å². The molecule has 2 atom stereocenters. The molecular formula is C17H26ClN3O4. The molecule has 1 aromatic rings. The van der Waals surface area contributed by atoms with Crippen molar-refractivity contribution < 1.29 is 19.1 Å². The second-order valence-electron chi connectivity index (χ2n) is 5.67. The van der Waals surface area contributed by atoms with E-state index in [1.165, 1.54) is 0 Å². The van der Waals surface area contributed by atoms with Crippen molar-refractivity contribution in [2.75, 3.05) is 19.7 Å². The molecule has 8 heteroatoms. The van der Waals surface area contributed by atoms with Gasteiger partial charge in [-0.2, -0.15) is 0 Å². The van der Waals surface area contributed by atoms with E-state index in [1.54, 1.807) is 12.1 Å². The molecule has 0 unspecified atom stereocenters. The minimum atomic E-state index is -0.421. The summed E-state index contributed by atoms with van der Waals surface area (Å²) >= 11 is 0. The smallest absolute Gasteiger partial charge is 0.257 e. The zero-order chi connectivity index (χ0) is 17.4. The number of nitrogens with one attached hydrogen (secondary N) is 2. The standard InChI is InChI=1S/C17H25N3O4.ClH/c1-2-19-16(21)11-23-13-5-3-4-12(8-13)10-20-17(22)15-7-6-14(9-18)24-15;/h3-5,8,14-15H,2,6-7,9-11,18H2,1H3,(H,19,21)(H,20,22);1H/t14-,15+;/m1./s1. The van der Waals surface area contributed by atoms with Crippen molar-refractivity contribution >= 4 is 24.2 Å². The van der Waals surface area contributed by atoms with Crippen LogP contribution in [0, 0.1) is 0 Å². The zero-order valence-electron chi connectivity index (χ0n) is 14.3. The van der Waals surface area contributed by atoms with Gasteiger partial charge in [0.15, 0.2) is 6.61 Å². The molecule has 25 heavy (non-hydrogen) atoms. The first-order valence-corrected chi connectivity index (χ1v) is 8.24. The number of benzene rings is 1. The summed E-state index contributed by atoms with van der Waals surface area (Å²) in [5.41, 5.74) is 6.44. The van der Waals surface area contributed by atoms with Gasteiger partial charge >= 0.3 is 0 Å². The third kappa shape index (κ3) is 6.89. The molecule has 2 rings (SSSR count). The van der Waals surface area contributed by atoms with E-state index in [1.807, 2.05) is 19.1 Å². The quantitative estimate of drug-likeness (QED) is 0.625. The predicted octanol–water partition coefficient (Wildman–Crippen LogP) is 0.746. The van der Waals surface area contributed by atoms with Crippen LogP contribution in [0.25, 0.3) is 0 Å². The Morgan fingerprint density at radius 3 is 2.80 bits per heavy atom. The molecular weight excluding hydrogens is 346 g/mol. The SMILES string of the molecule is CCNC(=O)COc1cccc(CNC(=O)[C@@H]2CC[C@H](CN)O2)c1.Cl. The van der Waals surface area contributed by atoms with Crippen molar-refractivity contribution in [3.05, 3.63) is 29.8 Å². The minimum absolute atomic E-state index is 0. The molecule has 0 aliphatic carbocycles. The molecule has 1 saturated heterocycles. The van der Waals surface area contributed by atoms with Gasteiger partial charge in [-0.1, -0.05) is 12.1 Å². The van der Waals surface area contributed by atoms with Crippen molar-refractivity contribution in [1.82, 2.24) is 10.6 Å². The lowest BCUT2D eigenvalue weighted by Gasteiger charge is -2.13. The summed E-state index contributed by atoms with van der Waals surface area (Å²) in [6.07, 6.45) is 1.07. The molecule has 7 nitrogen and oxygen atoms in total. The first kappa shape index (κ1) is 21.2. The first-order valence-electron chi connectivity index (χ1n) is 8.24. The van der Waals surface area contributed by atoms with Crippen LogP contribution in [0.2, 0.25) is 0 Å². The molecule has 1 aromatic carbocycles. The van der Waals surface area contributed by atoms with Crippen molar-refractivity contribution in [2.45, 2.75) is 38.5 Å². The van der Waals surface area contributed by atoms with E-state index in [2.05, 4.69) is 10.6 Å². The maximum Gasteiger partial charge on any atom is 0.257 e. The Kier molecular flexibility index (Phi) is 9.26. The third-order valence-corrected chi connectivity index (χ3v) is 3.77. The van der Waals surface area contributed by atoms with Crippen molar-refractivity contribution in [2.24, 2.45) is 5.73 Å². The largest absolute Gasteiger partial charge is 0.484 e. The van der Waals surface area contributed by atoms with Gasteiger partial charge in [0.1, 0.15) is 11.9 Å². The summed E-state index contributed by atoms with van der Waals surface area (Å²) in [6.45, 7) is 3.21. The van der Waals surface area contributed by atoms with Crippen LogP contribution in [0.3, 0.4) is 0 Å². The summed E-state index contributed by atoms with van der Waals surface area (Å²) in [4.78, 5) is 23.5. The van der Waals surface area contributed by atoms with Crippen LogP contribution in [-0.4, -0.2) is 43.7 Å². The molecule has 0 bridgehead atoms. The molecule has 1 fully saturated rings. The number of likely N-dealkylation sites (N-methyl/N-ethyl adjacent to an activating group) is 1. The average Bonchev–Trinajstić information content (AvgIpc) is 3.08. The first-order chi connectivity index (χ1) is 11.6. The Balaban J connectivity index is 0.00000312. The number of halogens is 1. The second-order valence-corrected chi connectivity index (χ2v) is 5.67. The lowest BCUT2D eigenvalue weighted by Crippen LogP contribution is -2.35. The molecule has 0 aromatic heterocycles. The van der Waals surface area contributed by atoms with Crippen molar-refractivity contribution in [3.63, 3.8) is 0 Å². The van der Waals surface area contributed by atoms with Crippen LogP contribution < -0.4 is 21.1 Å². The number of amides is 2. The Hall–Kier alpha value is -1.83. The maximum atomic E-state index is 12.1. The van der Waals surface area contributed by atoms with Gasteiger partial charge in [-0.25, -0.2) is 0 Å². The summed E-state index contributed by atoms with van der Waals surface area (Å²) in [5, 5.41) is 5.52. The van der Waals surface area contributed by atoms with Gasteiger partial charge in [0.2, 0.25) is 5.91 Å². The number of hydrogen-bond donors (Lipinski definition) is 3. The summed E-state index contributed by atoms with van der Waals surface area (Å²) in [6, 6.07) is 7.29. The van der Waals surface area contributed by atoms with Crippen LogP contribution in [0.15, 0.2) is 24.3 Å². The molecule has 0 saturated carbocycles. The summed E-state index contributed by atoms with van der Waals surface area (Å²) in [7, 11) is 0. The third-order valence-electron chi connectivity index (χ3n) is 3.77. The number of hydrogen-bond acceptors (Lipinski definition) is 5. The van der Waals surface area contributed by atoms with Gasteiger partial charge in [-0.15, -0.1) is 12.4 Å². The lowest BCUT2D eigenvalue weighted by atomic mass is 10.1. The average molecular weight is 372 g/mol. The highest BCUT2D eigenvalue weighted by atomic mass is 35.5. The van der Waals surface area contributed by atoms with Crippen LogP contribution in [-0.2, 0) is 20.9 Å². The zero-order valence-corrected chi connectivity index (χ0v) is 15.1. The normalized spacial score (nSPS) is 19.0. The number of carbonyl (C=O) groups excluding carboxylic acids is 2. The summed E-state index contributed by atoms with van der Waals surface area (Å²) < 4.78 is 11.0. The highest BCUT2D eigenvalue weighted by Gasteiger charge is 2.29. The molecule has 1 heterocycles. The second kappa shape index (κ2) is 10.9. The van der Waals surface area contributed by atoms with Crippen LogP contribution in [0.5, 0.6) is 5.75 Å². The van der Waals surface area contributed by atoms with Gasteiger partial charge in [-0.3, -0.25) is 9.59 Å². The van der Waals surface area contributed by atoms with E-state index >= 15 is 0 Å². The number of nitrogens with two attached hydrogens (primary N) is 1. The molecule has 1 aliphatic rings. The van der Waals surface area contributed by atoms with E-state index in [4.69, 9.17) is 15.2 Å². The molecule has 2 amide bonds. The molecule has 0 spiro atoms. The van der Waals surface area contributed by atoms with Gasteiger partial charge in [0.25, 0.3) is 5.91 Å². The van der Waals surface area contributed by atoms with E-state index in [0.29, 0.717) is 31.8 Å². The highest BCUT2D eigenvalue weighted by molar-refractivity contribution is 5.85. The fraction of sp³-hybridized carbons (Fsp3) is 0.529. The number of rotatable bonds is 8. The van der Waals surface area contributed by atoms with E-state index in [0.717, 1.165) is 12.0 Å². The Bertz CT molecular complexity index is 571. The van der Waals surface area contributed by atoms with E-state index in [-0.39, 0.29) is 36.9 Å². The van der Waals surface area contributed by atoms with Crippen LogP contribution in [0.1, 0.15) is 25.3 Å². The Morgan fingerprint density at radius 2 is 2.12 bits per heavy atom. The Labute approximate surface area is 154 Å². The predicted molar refractivity (Wildman–Crippen MR) is 96.7 cm³/mol. The highest BCUT2D eigenvalue weighted by Crippen LogP contribution is 2.19. The maximum absolute atomic E-state index is 12.1. The number of ether oxygens (including phenoxy) is 2. The van der Waals surface area contributed by atoms with Crippen molar-refractivity contribution in [1.29, 1.82) is 0 Å². The van der Waals surface area contributed by atoms with E-state index in [9.17, 15) is 9.59 Å². The van der Waals surface area contributed by atoms with Gasteiger partial charge in [0.05, 0.1) is 6.10 Å². The Morgan fingerprint density at radius 1 is 1.32 bits per heavy atom. The fourth-order valence-electron chi connectivity index (χ4n) is 2.52. The van der Waals surface area contributed by atoms with Crippen LogP contribution >= 0.6 is 12.4 Å². The molecule has 140 valence electrons. The number of carbonyl (C=O) groups is 2. The van der Waals surface area contributed by atoms with Gasteiger partial charge in [0, 0.05) is 19.6 Å². The molecule has 0 radical (unpaired) electrons. The fourth-order valence-corrected chi connectivity index (χ4v) is 2.52. The topological polar surface area (TPSA) is 103 Å². The molecule has 4 N–H and O–H groups in total. The van der Waals surface area contributed by atoms with Gasteiger partial charge in [-0.05, 0) is 37.5 Å². The minimum Gasteiger partial charge on any atom is -0.484 e.